The molecule has 4 nitrogen and oxygen atoms in total. The highest BCUT2D eigenvalue weighted by molar-refractivity contribution is 4.88. The van der Waals surface area contributed by atoms with Crippen LogP contribution in [0.5, 0.6) is 0 Å². The van der Waals surface area contributed by atoms with Crippen LogP contribution < -0.4 is 0 Å². The summed E-state index contributed by atoms with van der Waals surface area (Å²) >= 11 is 0. The second kappa shape index (κ2) is 4.53. The third-order valence-electron chi connectivity index (χ3n) is 1.97. The van der Waals surface area contributed by atoms with Gasteiger partial charge < -0.3 is 0 Å². The van der Waals surface area contributed by atoms with Gasteiger partial charge in [0.1, 0.15) is 6.67 Å². The number of nitrogens with zero attached hydrogens (tertiary/aromatic N) is 2. The fourth-order valence-corrected chi connectivity index (χ4v) is 1.30. The molecule has 0 amide bonds. The highest BCUT2D eigenvalue weighted by Crippen LogP contribution is 2.04. The van der Waals surface area contributed by atoms with Crippen LogP contribution in [0, 0.1) is 0 Å². The molecule has 72 valence electrons. The molecule has 0 saturated carbocycles. The number of rotatable bonds is 2. The average molecular weight is 182 g/mol. The van der Waals surface area contributed by atoms with Gasteiger partial charge in [0.25, 0.3) is 0 Å². The molecular formula is C9H14N2O2. The van der Waals surface area contributed by atoms with Crippen LogP contribution in [-0.4, -0.2) is 43.1 Å². The number of hydrogen-bond donors (Lipinski definition) is 0. The minimum Gasteiger partial charge on any atom is -0.293 e. The summed E-state index contributed by atoms with van der Waals surface area (Å²) in [6.07, 6.45) is 8.24. The quantitative estimate of drug-likeness (QED) is 0.582. The topological polar surface area (TPSA) is 24.9 Å². The maximum atomic E-state index is 5.38. The minimum absolute atomic E-state index is 0.670. The molecule has 2 rings (SSSR count). The smallest absolute Gasteiger partial charge is 0.101 e. The van der Waals surface area contributed by atoms with Gasteiger partial charge in [-0.05, 0) is 0 Å². The minimum atomic E-state index is 0.670. The Kier molecular flexibility index (Phi) is 3.10. The molecule has 0 fully saturated rings. The molecule has 0 aromatic heterocycles. The Bertz CT molecular complexity index is 194. The van der Waals surface area contributed by atoms with Gasteiger partial charge >= 0.3 is 0 Å². The molecule has 2 aliphatic rings. The molecule has 2 aliphatic heterocycles. The Hall–Kier alpha value is -0.680. The van der Waals surface area contributed by atoms with E-state index < -0.39 is 0 Å². The Morgan fingerprint density at radius 2 is 1.38 bits per heavy atom. The van der Waals surface area contributed by atoms with Crippen LogP contribution in [0.2, 0.25) is 0 Å². The Labute approximate surface area is 77.9 Å². The van der Waals surface area contributed by atoms with Crippen molar-refractivity contribution < 1.29 is 9.68 Å². The lowest BCUT2D eigenvalue weighted by Crippen LogP contribution is -2.40. The largest absolute Gasteiger partial charge is 0.293 e. The van der Waals surface area contributed by atoms with E-state index in [1.807, 2.05) is 22.3 Å². The molecule has 13 heavy (non-hydrogen) atoms. The van der Waals surface area contributed by atoms with Crippen molar-refractivity contribution in [3.63, 3.8) is 0 Å². The van der Waals surface area contributed by atoms with Gasteiger partial charge in [-0.15, -0.1) is 0 Å². The molecule has 0 saturated heterocycles. The Morgan fingerprint density at radius 3 is 1.77 bits per heavy atom. The van der Waals surface area contributed by atoms with Gasteiger partial charge in [-0.1, -0.05) is 24.3 Å². The molecule has 4 heteroatoms. The van der Waals surface area contributed by atoms with Crippen LogP contribution in [0.15, 0.2) is 24.3 Å². The van der Waals surface area contributed by atoms with Crippen LogP contribution in [0.3, 0.4) is 0 Å². The SMILES string of the molecule is C1=CCN(CN2CC=CCO2)OC1. The standard InChI is InChI=1S/C9H14N2O2/c1-3-7-12-10(5-1)9-11-6-2-4-8-13-11/h1-4H,5-9H2. The number of hydroxylamine groups is 4. The van der Waals surface area contributed by atoms with E-state index in [0.29, 0.717) is 19.9 Å². The zero-order valence-corrected chi connectivity index (χ0v) is 7.56. The van der Waals surface area contributed by atoms with E-state index in [2.05, 4.69) is 12.2 Å². The summed E-state index contributed by atoms with van der Waals surface area (Å²) in [6, 6.07) is 0. The lowest BCUT2D eigenvalue weighted by atomic mass is 10.4. The maximum absolute atomic E-state index is 5.38. The summed E-state index contributed by atoms with van der Waals surface area (Å²) in [5.74, 6) is 0. The molecule has 0 spiro atoms. The van der Waals surface area contributed by atoms with E-state index in [4.69, 9.17) is 9.68 Å². The molecule has 0 aromatic carbocycles. The van der Waals surface area contributed by atoms with Crippen molar-refractivity contribution in [2.75, 3.05) is 33.0 Å². The molecule has 0 aromatic rings. The second-order valence-electron chi connectivity index (χ2n) is 3.00. The number of hydrogen-bond acceptors (Lipinski definition) is 4. The summed E-state index contributed by atoms with van der Waals surface area (Å²) in [5, 5.41) is 3.78. The van der Waals surface area contributed by atoms with E-state index in [9.17, 15) is 0 Å². The van der Waals surface area contributed by atoms with Crippen molar-refractivity contribution >= 4 is 0 Å². The molecule has 0 atom stereocenters. The van der Waals surface area contributed by atoms with E-state index >= 15 is 0 Å². The highest BCUT2D eigenvalue weighted by atomic mass is 16.7. The molecule has 0 unspecified atom stereocenters. The Morgan fingerprint density at radius 1 is 0.846 bits per heavy atom. The first-order chi connectivity index (χ1) is 6.45. The first kappa shape index (κ1) is 8.90. The molecule has 0 radical (unpaired) electrons. The zero-order chi connectivity index (χ0) is 8.93. The van der Waals surface area contributed by atoms with Crippen LogP contribution in [0.25, 0.3) is 0 Å². The van der Waals surface area contributed by atoms with Crippen molar-refractivity contribution in [1.29, 1.82) is 0 Å². The summed E-state index contributed by atoms with van der Waals surface area (Å²) < 4.78 is 0. The zero-order valence-electron chi connectivity index (χ0n) is 7.56. The lowest BCUT2D eigenvalue weighted by molar-refractivity contribution is -0.246. The fraction of sp³-hybridized carbons (Fsp3) is 0.556. The summed E-state index contributed by atoms with van der Waals surface area (Å²) in [5.41, 5.74) is 0. The monoisotopic (exact) mass is 182 g/mol. The van der Waals surface area contributed by atoms with Gasteiger partial charge in [0.05, 0.1) is 13.2 Å². The van der Waals surface area contributed by atoms with Gasteiger partial charge in [-0.2, -0.15) is 10.1 Å². The van der Waals surface area contributed by atoms with Gasteiger partial charge in [0.2, 0.25) is 0 Å². The molecular weight excluding hydrogens is 168 g/mol. The fourth-order valence-electron chi connectivity index (χ4n) is 1.30. The lowest BCUT2D eigenvalue weighted by Gasteiger charge is -2.29. The van der Waals surface area contributed by atoms with Crippen LogP contribution in [0.4, 0.5) is 0 Å². The third kappa shape index (κ3) is 2.63. The summed E-state index contributed by atoms with van der Waals surface area (Å²) in [4.78, 5) is 10.8. The first-order valence-corrected chi connectivity index (χ1v) is 4.51. The van der Waals surface area contributed by atoms with Crippen molar-refractivity contribution in [2.45, 2.75) is 0 Å². The highest BCUT2D eigenvalue weighted by Gasteiger charge is 2.13. The van der Waals surface area contributed by atoms with Crippen LogP contribution >= 0.6 is 0 Å². The van der Waals surface area contributed by atoms with Crippen molar-refractivity contribution in [3.8, 4) is 0 Å². The van der Waals surface area contributed by atoms with Gasteiger partial charge in [0.15, 0.2) is 0 Å². The third-order valence-corrected chi connectivity index (χ3v) is 1.97. The molecule has 2 heterocycles. The van der Waals surface area contributed by atoms with E-state index in [1.165, 1.54) is 0 Å². The summed E-state index contributed by atoms with van der Waals surface area (Å²) in [6.45, 7) is 3.72. The van der Waals surface area contributed by atoms with E-state index in [1.54, 1.807) is 0 Å². The first-order valence-electron chi connectivity index (χ1n) is 4.51. The van der Waals surface area contributed by atoms with E-state index in [-0.39, 0.29) is 0 Å². The van der Waals surface area contributed by atoms with Crippen molar-refractivity contribution in [1.82, 2.24) is 10.1 Å². The second-order valence-corrected chi connectivity index (χ2v) is 3.00. The molecule has 0 bridgehead atoms. The Balaban J connectivity index is 1.76. The predicted molar refractivity (Wildman–Crippen MR) is 48.5 cm³/mol. The van der Waals surface area contributed by atoms with Gasteiger partial charge in [0, 0.05) is 13.1 Å². The van der Waals surface area contributed by atoms with Gasteiger partial charge in [-0.25, -0.2) is 0 Å². The van der Waals surface area contributed by atoms with Gasteiger partial charge in [-0.3, -0.25) is 9.68 Å². The normalized spacial score (nSPS) is 25.2. The summed E-state index contributed by atoms with van der Waals surface area (Å²) in [7, 11) is 0. The van der Waals surface area contributed by atoms with Crippen LogP contribution in [-0.2, 0) is 9.68 Å². The van der Waals surface area contributed by atoms with Crippen LogP contribution in [0.1, 0.15) is 0 Å². The van der Waals surface area contributed by atoms with Crippen molar-refractivity contribution in [3.05, 3.63) is 24.3 Å². The molecule has 0 aliphatic carbocycles. The maximum Gasteiger partial charge on any atom is 0.101 e. The van der Waals surface area contributed by atoms with E-state index in [0.717, 1.165) is 13.1 Å². The predicted octanol–water partition coefficient (Wildman–Crippen LogP) is 0.551. The van der Waals surface area contributed by atoms with Crippen molar-refractivity contribution in [2.24, 2.45) is 0 Å². The molecule has 0 N–H and O–H groups in total. The average Bonchev–Trinajstić information content (AvgIpc) is 2.21.